The number of aliphatic carboxylic acids is 1. The molecule has 0 bridgehead atoms. The molecule has 6 heteroatoms. The molecule has 21 heavy (non-hydrogen) atoms. The van der Waals surface area contributed by atoms with E-state index >= 15 is 0 Å². The first-order valence-electron chi connectivity index (χ1n) is 6.94. The zero-order valence-corrected chi connectivity index (χ0v) is 12.9. The third-order valence-corrected chi connectivity index (χ3v) is 4.69. The molecule has 1 atom stereocenters. The fourth-order valence-corrected chi connectivity index (χ4v) is 2.77. The van der Waals surface area contributed by atoms with E-state index in [2.05, 4.69) is 5.32 Å². The SMILES string of the molecule is CCC1(C(=O)O)CCN(C(=O)Nc2cccc(Cl)c2C)C1. The van der Waals surface area contributed by atoms with Crippen molar-refractivity contribution >= 4 is 29.3 Å². The van der Waals surface area contributed by atoms with Crippen LogP contribution >= 0.6 is 11.6 Å². The van der Waals surface area contributed by atoms with Gasteiger partial charge in [0, 0.05) is 23.8 Å². The summed E-state index contributed by atoms with van der Waals surface area (Å²) >= 11 is 6.02. The predicted octanol–water partition coefficient (Wildman–Crippen LogP) is 3.37. The molecule has 1 unspecified atom stereocenters. The first kappa shape index (κ1) is 15.6. The lowest BCUT2D eigenvalue weighted by molar-refractivity contribution is -0.148. The van der Waals surface area contributed by atoms with Crippen LogP contribution in [0.4, 0.5) is 10.5 Å². The van der Waals surface area contributed by atoms with Gasteiger partial charge in [-0.1, -0.05) is 24.6 Å². The van der Waals surface area contributed by atoms with E-state index in [0.29, 0.717) is 30.1 Å². The molecule has 2 rings (SSSR count). The smallest absolute Gasteiger partial charge is 0.321 e. The number of carboxylic acids is 1. The Morgan fingerprint density at radius 2 is 2.19 bits per heavy atom. The van der Waals surface area contributed by atoms with Crippen LogP contribution in [0.5, 0.6) is 0 Å². The van der Waals surface area contributed by atoms with Crippen molar-refractivity contribution in [2.24, 2.45) is 5.41 Å². The Bertz CT molecular complexity index is 576. The van der Waals surface area contributed by atoms with Gasteiger partial charge in [-0.25, -0.2) is 4.79 Å². The predicted molar refractivity (Wildman–Crippen MR) is 81.8 cm³/mol. The zero-order chi connectivity index (χ0) is 15.6. The molecule has 0 aliphatic carbocycles. The number of carbonyl (C=O) groups excluding carboxylic acids is 1. The highest BCUT2D eigenvalue weighted by atomic mass is 35.5. The average Bonchev–Trinajstić information content (AvgIpc) is 2.90. The Labute approximate surface area is 128 Å². The summed E-state index contributed by atoms with van der Waals surface area (Å²) in [4.78, 5) is 25.2. The van der Waals surface area contributed by atoms with Gasteiger partial charge in [0.05, 0.1) is 5.41 Å². The molecule has 2 N–H and O–H groups in total. The van der Waals surface area contributed by atoms with Crippen molar-refractivity contribution in [3.8, 4) is 0 Å². The van der Waals surface area contributed by atoms with Crippen molar-refractivity contribution in [1.82, 2.24) is 4.90 Å². The van der Waals surface area contributed by atoms with Crippen molar-refractivity contribution in [3.05, 3.63) is 28.8 Å². The van der Waals surface area contributed by atoms with Gasteiger partial charge in [0.25, 0.3) is 0 Å². The van der Waals surface area contributed by atoms with E-state index in [0.717, 1.165) is 5.56 Å². The second-order valence-electron chi connectivity index (χ2n) is 5.45. The molecule has 0 aromatic heterocycles. The van der Waals surface area contributed by atoms with Gasteiger partial charge >= 0.3 is 12.0 Å². The van der Waals surface area contributed by atoms with Crippen molar-refractivity contribution in [2.75, 3.05) is 18.4 Å². The lowest BCUT2D eigenvalue weighted by Gasteiger charge is -2.23. The van der Waals surface area contributed by atoms with Crippen LogP contribution in [0.15, 0.2) is 18.2 Å². The van der Waals surface area contributed by atoms with Gasteiger partial charge < -0.3 is 15.3 Å². The van der Waals surface area contributed by atoms with Crippen molar-refractivity contribution < 1.29 is 14.7 Å². The molecule has 1 aliphatic rings. The fraction of sp³-hybridized carbons (Fsp3) is 0.467. The molecule has 0 radical (unpaired) electrons. The molecule has 1 aromatic rings. The third kappa shape index (κ3) is 2.97. The largest absolute Gasteiger partial charge is 0.481 e. The summed E-state index contributed by atoms with van der Waals surface area (Å²) in [5.74, 6) is -0.834. The highest BCUT2D eigenvalue weighted by molar-refractivity contribution is 6.31. The van der Waals surface area contributed by atoms with E-state index in [-0.39, 0.29) is 12.6 Å². The molecule has 0 saturated carbocycles. The summed E-state index contributed by atoms with van der Waals surface area (Å²) in [6.07, 6.45) is 1.00. The minimum atomic E-state index is -0.834. The van der Waals surface area contributed by atoms with Crippen molar-refractivity contribution in [3.63, 3.8) is 0 Å². The molecular weight excluding hydrogens is 292 g/mol. The van der Waals surface area contributed by atoms with Gasteiger partial charge in [0.15, 0.2) is 0 Å². The first-order valence-corrected chi connectivity index (χ1v) is 7.32. The monoisotopic (exact) mass is 310 g/mol. The van der Waals surface area contributed by atoms with Crippen LogP contribution in [-0.2, 0) is 4.79 Å². The van der Waals surface area contributed by atoms with Crippen LogP contribution in [-0.4, -0.2) is 35.1 Å². The van der Waals surface area contributed by atoms with Crippen LogP contribution in [0.3, 0.4) is 0 Å². The molecule has 1 aliphatic heterocycles. The van der Waals surface area contributed by atoms with Crippen LogP contribution in [0.1, 0.15) is 25.3 Å². The van der Waals surface area contributed by atoms with Crippen molar-refractivity contribution in [2.45, 2.75) is 26.7 Å². The Kier molecular flexibility index (Phi) is 4.42. The highest BCUT2D eigenvalue weighted by Gasteiger charge is 2.44. The molecule has 0 spiro atoms. The number of nitrogens with zero attached hydrogens (tertiary/aromatic N) is 1. The van der Waals surface area contributed by atoms with Crippen LogP contribution < -0.4 is 5.32 Å². The number of hydrogen-bond donors (Lipinski definition) is 2. The Hall–Kier alpha value is -1.75. The van der Waals surface area contributed by atoms with E-state index in [1.54, 1.807) is 23.1 Å². The minimum absolute atomic E-state index is 0.240. The Morgan fingerprint density at radius 3 is 2.76 bits per heavy atom. The number of nitrogens with one attached hydrogen (secondary N) is 1. The lowest BCUT2D eigenvalue weighted by Crippen LogP contribution is -2.38. The number of benzene rings is 1. The normalized spacial score (nSPS) is 21.4. The van der Waals surface area contributed by atoms with Gasteiger partial charge in [0.2, 0.25) is 0 Å². The van der Waals surface area contributed by atoms with Gasteiger partial charge in [-0.3, -0.25) is 4.79 Å². The van der Waals surface area contributed by atoms with Gasteiger partial charge in [-0.15, -0.1) is 0 Å². The molecule has 1 heterocycles. The van der Waals surface area contributed by atoms with Gasteiger partial charge in [0.1, 0.15) is 0 Å². The van der Waals surface area contributed by atoms with Crippen LogP contribution in [0, 0.1) is 12.3 Å². The van der Waals surface area contributed by atoms with Crippen LogP contribution in [0.2, 0.25) is 5.02 Å². The molecular formula is C15H19ClN2O3. The summed E-state index contributed by atoms with van der Waals surface area (Å²) in [5, 5.41) is 12.7. The average molecular weight is 311 g/mol. The number of likely N-dealkylation sites (tertiary alicyclic amines) is 1. The minimum Gasteiger partial charge on any atom is -0.481 e. The van der Waals surface area contributed by atoms with E-state index in [4.69, 9.17) is 11.6 Å². The standard InChI is InChI=1S/C15H19ClN2O3/c1-3-15(13(19)20)7-8-18(9-15)14(21)17-12-6-4-5-11(16)10(12)2/h4-6H,3,7-9H2,1-2H3,(H,17,21)(H,19,20). The number of carboxylic acid groups (broad SMARTS) is 1. The number of anilines is 1. The number of amides is 2. The third-order valence-electron chi connectivity index (χ3n) is 4.28. The summed E-state index contributed by atoms with van der Waals surface area (Å²) in [5.41, 5.74) is 0.629. The van der Waals surface area contributed by atoms with E-state index in [1.807, 2.05) is 13.8 Å². The molecule has 114 valence electrons. The zero-order valence-electron chi connectivity index (χ0n) is 12.1. The van der Waals surface area contributed by atoms with Crippen molar-refractivity contribution in [1.29, 1.82) is 0 Å². The second-order valence-corrected chi connectivity index (χ2v) is 5.86. The maximum Gasteiger partial charge on any atom is 0.321 e. The first-order chi connectivity index (χ1) is 9.89. The van der Waals surface area contributed by atoms with Gasteiger partial charge in [-0.05, 0) is 37.5 Å². The number of halogens is 1. The maximum absolute atomic E-state index is 12.3. The quantitative estimate of drug-likeness (QED) is 0.899. The van der Waals surface area contributed by atoms with E-state index in [9.17, 15) is 14.7 Å². The molecule has 1 fully saturated rings. The molecule has 1 aromatic carbocycles. The molecule has 5 nitrogen and oxygen atoms in total. The summed E-state index contributed by atoms with van der Waals surface area (Å²) in [6.45, 7) is 4.36. The van der Waals surface area contributed by atoms with E-state index in [1.165, 1.54) is 0 Å². The highest BCUT2D eigenvalue weighted by Crippen LogP contribution is 2.34. The fourth-order valence-electron chi connectivity index (χ4n) is 2.60. The number of rotatable bonds is 3. The molecule has 1 saturated heterocycles. The van der Waals surface area contributed by atoms with Gasteiger partial charge in [-0.2, -0.15) is 0 Å². The summed E-state index contributed by atoms with van der Waals surface area (Å²) in [6, 6.07) is 5.02. The Morgan fingerprint density at radius 1 is 1.48 bits per heavy atom. The topological polar surface area (TPSA) is 69.6 Å². The Balaban J connectivity index is 2.09. The second kappa shape index (κ2) is 5.93. The lowest BCUT2D eigenvalue weighted by atomic mass is 9.84. The number of urea groups is 1. The summed E-state index contributed by atoms with van der Waals surface area (Å²) < 4.78 is 0. The van der Waals surface area contributed by atoms with E-state index < -0.39 is 11.4 Å². The number of carbonyl (C=O) groups is 2. The number of hydrogen-bond acceptors (Lipinski definition) is 2. The van der Waals surface area contributed by atoms with Crippen LogP contribution in [0.25, 0.3) is 0 Å². The maximum atomic E-state index is 12.3. The molecule has 2 amide bonds. The summed E-state index contributed by atoms with van der Waals surface area (Å²) in [7, 11) is 0.